The van der Waals surface area contributed by atoms with E-state index in [1.807, 2.05) is 24.4 Å². The van der Waals surface area contributed by atoms with Crippen LogP contribution in [0.15, 0.2) is 30.2 Å². The highest BCUT2D eigenvalue weighted by Crippen LogP contribution is 2.12. The topological polar surface area (TPSA) is 17.1 Å². The van der Waals surface area contributed by atoms with Crippen molar-refractivity contribution < 1.29 is 4.79 Å². The fraction of sp³-hybridized carbons (Fsp3) is 0.300. The largest absolute Gasteiger partial charge is 0.299 e. The molecule has 0 aliphatic heterocycles. The number of hydrogen-bond donors (Lipinski definition) is 0. The first-order chi connectivity index (χ1) is 5.74. The highest BCUT2D eigenvalue weighted by Gasteiger charge is 2.09. The maximum atomic E-state index is 11.4. The summed E-state index contributed by atoms with van der Waals surface area (Å²) in [6.45, 7) is 5.47. The van der Waals surface area contributed by atoms with E-state index in [0.717, 1.165) is 4.88 Å². The van der Waals surface area contributed by atoms with E-state index in [1.54, 1.807) is 17.4 Å². The molecule has 0 aliphatic carbocycles. The standard InChI is InChI=1S/C10H12OS/c1-3-8(2)10(11)7-9-5-4-6-12-9/h3-6,8H,1,7H2,2H3. The van der Waals surface area contributed by atoms with Crippen LogP contribution in [0.1, 0.15) is 11.8 Å². The van der Waals surface area contributed by atoms with Crippen LogP contribution in [-0.2, 0) is 11.2 Å². The minimum Gasteiger partial charge on any atom is -0.299 e. The lowest BCUT2D eigenvalue weighted by Crippen LogP contribution is -2.10. The van der Waals surface area contributed by atoms with Crippen LogP contribution in [0.25, 0.3) is 0 Å². The summed E-state index contributed by atoms with van der Waals surface area (Å²) in [4.78, 5) is 12.5. The third-order valence-corrected chi connectivity index (χ3v) is 2.67. The van der Waals surface area contributed by atoms with Crippen LogP contribution in [0.4, 0.5) is 0 Å². The van der Waals surface area contributed by atoms with Gasteiger partial charge in [0.05, 0.1) is 0 Å². The maximum Gasteiger partial charge on any atom is 0.144 e. The van der Waals surface area contributed by atoms with Gasteiger partial charge in [-0.05, 0) is 11.4 Å². The number of thiophene rings is 1. The summed E-state index contributed by atoms with van der Waals surface area (Å²) in [7, 11) is 0. The van der Waals surface area contributed by atoms with Gasteiger partial charge in [-0.3, -0.25) is 4.79 Å². The summed E-state index contributed by atoms with van der Waals surface area (Å²) in [5.41, 5.74) is 0. The highest BCUT2D eigenvalue weighted by atomic mass is 32.1. The molecule has 0 saturated carbocycles. The van der Waals surface area contributed by atoms with E-state index in [1.165, 1.54) is 0 Å². The maximum absolute atomic E-state index is 11.4. The first-order valence-electron chi connectivity index (χ1n) is 3.91. The van der Waals surface area contributed by atoms with Gasteiger partial charge >= 0.3 is 0 Å². The van der Waals surface area contributed by atoms with Crippen LogP contribution in [0.2, 0.25) is 0 Å². The quantitative estimate of drug-likeness (QED) is 0.651. The molecule has 0 aromatic carbocycles. The molecule has 1 aromatic rings. The molecular weight excluding hydrogens is 168 g/mol. The molecule has 0 N–H and O–H groups in total. The van der Waals surface area contributed by atoms with Gasteiger partial charge in [-0.25, -0.2) is 0 Å². The molecule has 64 valence electrons. The second-order valence-electron chi connectivity index (χ2n) is 2.75. The number of hydrogen-bond acceptors (Lipinski definition) is 2. The van der Waals surface area contributed by atoms with Crippen molar-refractivity contribution in [1.29, 1.82) is 0 Å². The molecular formula is C10H12OS. The van der Waals surface area contributed by atoms with E-state index in [-0.39, 0.29) is 11.7 Å². The van der Waals surface area contributed by atoms with Crippen molar-refractivity contribution >= 4 is 17.1 Å². The summed E-state index contributed by atoms with van der Waals surface area (Å²) in [5.74, 6) is 0.222. The SMILES string of the molecule is C=CC(C)C(=O)Cc1cccs1. The number of rotatable bonds is 4. The van der Waals surface area contributed by atoms with Crippen molar-refractivity contribution in [3.05, 3.63) is 35.0 Å². The average Bonchev–Trinajstić information content (AvgIpc) is 2.55. The van der Waals surface area contributed by atoms with Crippen molar-refractivity contribution in [3.8, 4) is 0 Å². The Morgan fingerprint density at radius 2 is 2.58 bits per heavy atom. The van der Waals surface area contributed by atoms with Gasteiger partial charge in [0, 0.05) is 17.2 Å². The molecule has 1 rings (SSSR count). The summed E-state index contributed by atoms with van der Waals surface area (Å²) in [6.07, 6.45) is 2.24. The van der Waals surface area contributed by atoms with Gasteiger partial charge in [-0.1, -0.05) is 19.1 Å². The Kier molecular flexibility index (Phi) is 3.23. The smallest absolute Gasteiger partial charge is 0.144 e. The molecule has 0 amide bonds. The molecule has 12 heavy (non-hydrogen) atoms. The van der Waals surface area contributed by atoms with E-state index in [2.05, 4.69) is 6.58 Å². The Bertz CT molecular complexity index is 261. The van der Waals surface area contributed by atoms with E-state index >= 15 is 0 Å². The predicted octanol–water partition coefficient (Wildman–Crippen LogP) is 2.68. The van der Waals surface area contributed by atoms with E-state index in [0.29, 0.717) is 6.42 Å². The Morgan fingerprint density at radius 3 is 3.08 bits per heavy atom. The van der Waals surface area contributed by atoms with Crippen LogP contribution in [0.3, 0.4) is 0 Å². The zero-order valence-electron chi connectivity index (χ0n) is 7.12. The molecule has 1 nitrogen and oxygen atoms in total. The molecule has 0 bridgehead atoms. The lowest BCUT2D eigenvalue weighted by molar-refractivity contribution is -0.120. The normalized spacial score (nSPS) is 12.4. The van der Waals surface area contributed by atoms with Crippen LogP contribution < -0.4 is 0 Å². The average molecular weight is 180 g/mol. The Hall–Kier alpha value is -0.890. The molecule has 0 spiro atoms. The first-order valence-corrected chi connectivity index (χ1v) is 4.79. The van der Waals surface area contributed by atoms with Gasteiger partial charge in [0.1, 0.15) is 5.78 Å². The summed E-state index contributed by atoms with van der Waals surface area (Å²) >= 11 is 1.62. The second-order valence-corrected chi connectivity index (χ2v) is 3.78. The third-order valence-electron chi connectivity index (χ3n) is 1.79. The van der Waals surface area contributed by atoms with Gasteiger partial charge in [0.2, 0.25) is 0 Å². The number of Topliss-reactive ketones (excluding diaryl/α,β-unsaturated/α-hetero) is 1. The van der Waals surface area contributed by atoms with Crippen LogP contribution in [0, 0.1) is 5.92 Å². The van der Waals surface area contributed by atoms with Crippen LogP contribution in [-0.4, -0.2) is 5.78 Å². The second kappa shape index (κ2) is 4.21. The van der Waals surface area contributed by atoms with E-state index < -0.39 is 0 Å². The van der Waals surface area contributed by atoms with Gasteiger partial charge in [-0.2, -0.15) is 0 Å². The monoisotopic (exact) mass is 180 g/mol. The lowest BCUT2D eigenvalue weighted by atomic mass is 10.0. The summed E-state index contributed by atoms with van der Waals surface area (Å²) < 4.78 is 0. The molecule has 2 heteroatoms. The van der Waals surface area contributed by atoms with Crippen molar-refractivity contribution in [2.24, 2.45) is 5.92 Å². The number of allylic oxidation sites excluding steroid dienone is 1. The van der Waals surface area contributed by atoms with E-state index in [9.17, 15) is 4.79 Å². The third kappa shape index (κ3) is 2.31. The Morgan fingerprint density at radius 1 is 1.83 bits per heavy atom. The molecule has 1 heterocycles. The summed E-state index contributed by atoms with van der Waals surface area (Å²) in [6, 6.07) is 3.95. The number of ketones is 1. The fourth-order valence-corrected chi connectivity index (χ4v) is 1.59. The zero-order valence-corrected chi connectivity index (χ0v) is 7.93. The van der Waals surface area contributed by atoms with Crippen molar-refractivity contribution in [2.75, 3.05) is 0 Å². The highest BCUT2D eigenvalue weighted by molar-refractivity contribution is 7.10. The predicted molar refractivity (Wildman–Crippen MR) is 52.4 cm³/mol. The van der Waals surface area contributed by atoms with Gasteiger partial charge in [-0.15, -0.1) is 17.9 Å². The minimum atomic E-state index is -0.0212. The molecule has 1 atom stereocenters. The van der Waals surface area contributed by atoms with Crippen molar-refractivity contribution in [3.63, 3.8) is 0 Å². The number of carbonyl (C=O) groups is 1. The molecule has 0 aliphatic rings. The van der Waals surface area contributed by atoms with Crippen LogP contribution >= 0.6 is 11.3 Å². The van der Waals surface area contributed by atoms with Crippen molar-refractivity contribution in [2.45, 2.75) is 13.3 Å². The molecule has 1 unspecified atom stereocenters. The Labute approximate surface area is 76.7 Å². The van der Waals surface area contributed by atoms with E-state index in [4.69, 9.17) is 0 Å². The Balaban J connectivity index is 2.53. The fourth-order valence-electron chi connectivity index (χ4n) is 0.877. The number of carbonyl (C=O) groups excluding carboxylic acids is 1. The summed E-state index contributed by atoms with van der Waals surface area (Å²) in [5, 5.41) is 1.99. The molecule has 0 fully saturated rings. The van der Waals surface area contributed by atoms with Crippen molar-refractivity contribution in [1.82, 2.24) is 0 Å². The van der Waals surface area contributed by atoms with Gasteiger partial charge in [0.25, 0.3) is 0 Å². The molecule has 0 saturated heterocycles. The minimum absolute atomic E-state index is 0.0212. The van der Waals surface area contributed by atoms with Gasteiger partial charge < -0.3 is 0 Å². The lowest BCUT2D eigenvalue weighted by Gasteiger charge is -2.01. The molecule has 0 radical (unpaired) electrons. The first kappa shape index (κ1) is 9.20. The van der Waals surface area contributed by atoms with Gasteiger partial charge in [0.15, 0.2) is 0 Å². The molecule has 1 aromatic heterocycles. The zero-order chi connectivity index (χ0) is 8.97. The van der Waals surface area contributed by atoms with Crippen LogP contribution in [0.5, 0.6) is 0 Å².